The predicted octanol–water partition coefficient (Wildman–Crippen LogP) is 7.44. The Bertz CT molecular complexity index is 975. The summed E-state index contributed by atoms with van der Waals surface area (Å²) < 4.78 is 6.68. The van der Waals surface area contributed by atoms with Crippen LogP contribution in [0.5, 0.6) is 5.75 Å². The van der Waals surface area contributed by atoms with Crippen LogP contribution in [0.3, 0.4) is 0 Å². The van der Waals surface area contributed by atoms with Gasteiger partial charge in [0, 0.05) is 11.1 Å². The first-order valence-corrected chi connectivity index (χ1v) is 14.7. The van der Waals surface area contributed by atoms with Gasteiger partial charge >= 0.3 is 5.97 Å². The highest BCUT2D eigenvalue weighted by Crippen LogP contribution is 2.49. The lowest BCUT2D eigenvalue weighted by Crippen LogP contribution is -2.31. The van der Waals surface area contributed by atoms with Crippen LogP contribution in [0.25, 0.3) is 12.2 Å². The second kappa shape index (κ2) is 9.66. The fourth-order valence-electron chi connectivity index (χ4n) is 4.82. The number of hydrogen-bond donors (Lipinski definition) is 1. The van der Waals surface area contributed by atoms with E-state index in [2.05, 4.69) is 65.1 Å². The van der Waals surface area contributed by atoms with Crippen molar-refractivity contribution in [3.63, 3.8) is 0 Å². The Balaban J connectivity index is 2.13. The van der Waals surface area contributed by atoms with Crippen LogP contribution in [0, 0.1) is 0 Å². The molecule has 3 nitrogen and oxygen atoms in total. The van der Waals surface area contributed by atoms with Crippen molar-refractivity contribution in [2.75, 3.05) is 0 Å². The van der Waals surface area contributed by atoms with Crippen LogP contribution >= 0.6 is 0 Å². The van der Waals surface area contributed by atoms with Gasteiger partial charge in [0.25, 0.3) is 0 Å². The third-order valence-corrected chi connectivity index (χ3v) is 7.23. The van der Waals surface area contributed by atoms with E-state index < -0.39 is 15.0 Å². The summed E-state index contributed by atoms with van der Waals surface area (Å²) in [7, 11) is -1.33. The zero-order chi connectivity index (χ0) is 23.5. The number of hydrogen-bond acceptors (Lipinski definition) is 2. The average molecular weight is 451 g/mol. The molecule has 0 unspecified atom stereocenters. The Morgan fingerprint density at radius 2 is 1.62 bits per heavy atom. The smallest absolute Gasteiger partial charge is 0.335 e. The van der Waals surface area contributed by atoms with E-state index in [1.54, 1.807) is 12.1 Å². The van der Waals surface area contributed by atoms with Crippen molar-refractivity contribution in [3.8, 4) is 5.75 Å². The minimum atomic E-state index is -1.33. The molecule has 1 aliphatic carbocycles. The molecule has 0 saturated heterocycles. The zero-order valence-corrected chi connectivity index (χ0v) is 21.7. The van der Waals surface area contributed by atoms with E-state index >= 15 is 0 Å². The second-order valence-corrected chi connectivity index (χ2v) is 13.0. The molecule has 0 bridgehead atoms. The lowest BCUT2D eigenvalue weighted by Gasteiger charge is -2.40. The first-order valence-electron chi connectivity index (χ1n) is 11.9. The summed E-state index contributed by atoms with van der Waals surface area (Å²) in [4.78, 5) is 11.1. The summed E-state index contributed by atoms with van der Waals surface area (Å²) in [6.45, 7) is 13.8. The monoisotopic (exact) mass is 450 g/mol. The Labute approximate surface area is 195 Å². The van der Waals surface area contributed by atoms with Gasteiger partial charge in [-0.1, -0.05) is 83.4 Å². The van der Waals surface area contributed by atoms with Gasteiger partial charge in [-0.2, -0.15) is 0 Å². The van der Waals surface area contributed by atoms with Gasteiger partial charge in [0.15, 0.2) is 0 Å². The molecule has 4 heteroatoms. The molecule has 0 heterocycles. The normalized spacial score (nSPS) is 16.5. The summed E-state index contributed by atoms with van der Waals surface area (Å²) in [5, 5.41) is 9.14. The number of aromatic carboxylic acids is 1. The van der Waals surface area contributed by atoms with Crippen molar-refractivity contribution in [2.45, 2.75) is 83.7 Å². The van der Waals surface area contributed by atoms with E-state index in [0.29, 0.717) is 5.56 Å². The number of carboxylic acids is 1. The highest BCUT2D eigenvalue weighted by molar-refractivity contribution is 6.49. The van der Waals surface area contributed by atoms with Crippen LogP contribution in [-0.4, -0.2) is 20.1 Å². The molecule has 0 radical (unpaired) electrons. The van der Waals surface area contributed by atoms with E-state index in [1.165, 1.54) is 43.2 Å². The minimum absolute atomic E-state index is 0.0430. The molecule has 2 aromatic rings. The maximum atomic E-state index is 11.1. The molecule has 0 atom stereocenters. The number of benzene rings is 2. The van der Waals surface area contributed by atoms with Gasteiger partial charge in [-0.3, -0.25) is 0 Å². The second-order valence-electron chi connectivity index (χ2n) is 10.7. The number of carboxylic acid groups (broad SMARTS) is 1. The Hall–Kier alpha value is -2.33. The highest BCUT2D eigenvalue weighted by atomic mass is 28.3. The Morgan fingerprint density at radius 1 is 1.00 bits per heavy atom. The van der Waals surface area contributed by atoms with E-state index in [9.17, 15) is 4.79 Å². The molecule has 0 amide bonds. The van der Waals surface area contributed by atoms with Gasteiger partial charge in [0.05, 0.1) is 5.56 Å². The first kappa shape index (κ1) is 24.3. The van der Waals surface area contributed by atoms with Crippen molar-refractivity contribution in [3.05, 3.63) is 64.2 Å². The van der Waals surface area contributed by atoms with Crippen molar-refractivity contribution in [1.29, 1.82) is 0 Å². The largest absolute Gasteiger partial charge is 0.546 e. The number of carbonyl (C=O) groups is 1. The summed E-state index contributed by atoms with van der Waals surface area (Å²) in [5.74, 6) is 0.170. The van der Waals surface area contributed by atoms with E-state index in [0.717, 1.165) is 16.9 Å². The van der Waals surface area contributed by atoms with Gasteiger partial charge in [0.2, 0.25) is 9.04 Å². The van der Waals surface area contributed by atoms with Crippen LogP contribution in [-0.2, 0) is 10.8 Å². The SMILES string of the molecule is C[SiH](C)Oc1c(/C=C/c2ccc(C(=O)O)cc2)ccc(C(C)(C)C)c1C1(C)CCCCC1. The lowest BCUT2D eigenvalue weighted by molar-refractivity contribution is 0.0697. The molecule has 1 N–H and O–H groups in total. The molecule has 0 aromatic heterocycles. The molecule has 1 fully saturated rings. The summed E-state index contributed by atoms with van der Waals surface area (Å²) in [6.07, 6.45) is 10.5. The quantitative estimate of drug-likeness (QED) is 0.367. The third kappa shape index (κ3) is 5.53. The first-order chi connectivity index (χ1) is 15.0. The molecular weight excluding hydrogens is 412 g/mol. The van der Waals surface area contributed by atoms with Crippen LogP contribution in [0.15, 0.2) is 36.4 Å². The molecule has 1 saturated carbocycles. The topological polar surface area (TPSA) is 46.5 Å². The minimum Gasteiger partial charge on any atom is -0.546 e. The van der Waals surface area contributed by atoms with E-state index in [1.807, 2.05) is 12.1 Å². The molecule has 1 aliphatic rings. The van der Waals surface area contributed by atoms with Crippen LogP contribution in [0.1, 0.15) is 92.4 Å². The predicted molar refractivity (Wildman–Crippen MR) is 137 cm³/mol. The molecule has 172 valence electrons. The van der Waals surface area contributed by atoms with E-state index in [4.69, 9.17) is 9.53 Å². The molecular formula is C28H38O3Si. The summed E-state index contributed by atoms with van der Waals surface area (Å²) in [5.41, 5.74) is 5.38. The zero-order valence-electron chi connectivity index (χ0n) is 20.5. The average Bonchev–Trinajstić information content (AvgIpc) is 2.72. The maximum Gasteiger partial charge on any atom is 0.335 e. The molecule has 0 aliphatic heterocycles. The van der Waals surface area contributed by atoms with E-state index in [-0.39, 0.29) is 10.8 Å². The summed E-state index contributed by atoms with van der Waals surface area (Å²) >= 11 is 0. The van der Waals surface area contributed by atoms with Crippen molar-refractivity contribution in [1.82, 2.24) is 0 Å². The summed E-state index contributed by atoms with van der Waals surface area (Å²) in [6, 6.07) is 11.5. The Kier molecular flexibility index (Phi) is 7.34. The van der Waals surface area contributed by atoms with Crippen LogP contribution < -0.4 is 4.43 Å². The molecule has 0 spiro atoms. The van der Waals surface area contributed by atoms with Crippen molar-refractivity contribution < 1.29 is 14.3 Å². The van der Waals surface area contributed by atoms with Gasteiger partial charge in [-0.25, -0.2) is 4.79 Å². The fourth-order valence-corrected chi connectivity index (χ4v) is 5.55. The maximum absolute atomic E-state index is 11.1. The standard InChI is InChI=1S/C28H38O3Si/c1-27(2,3)23-17-16-21(13-10-20-11-14-22(15-12-20)26(29)30)25(31-32(5)6)24(23)28(4)18-8-7-9-19-28/h10-17,32H,7-9,18-19H2,1-6H3,(H,29,30)/b13-10+. The molecule has 32 heavy (non-hydrogen) atoms. The lowest BCUT2D eigenvalue weighted by atomic mass is 9.66. The highest BCUT2D eigenvalue weighted by Gasteiger charge is 2.37. The molecule has 3 rings (SSSR count). The van der Waals surface area contributed by atoms with Crippen LogP contribution in [0.4, 0.5) is 0 Å². The number of rotatable bonds is 6. The fraction of sp³-hybridized carbons (Fsp3) is 0.464. The van der Waals surface area contributed by atoms with Crippen molar-refractivity contribution >= 4 is 27.2 Å². The molecule has 2 aromatic carbocycles. The van der Waals surface area contributed by atoms with Gasteiger partial charge in [-0.05, 0) is 60.0 Å². The van der Waals surface area contributed by atoms with Gasteiger partial charge in [-0.15, -0.1) is 0 Å². The van der Waals surface area contributed by atoms with Gasteiger partial charge < -0.3 is 9.53 Å². The third-order valence-electron chi connectivity index (χ3n) is 6.52. The van der Waals surface area contributed by atoms with Crippen molar-refractivity contribution in [2.24, 2.45) is 0 Å². The van der Waals surface area contributed by atoms with Crippen LogP contribution in [0.2, 0.25) is 13.1 Å². The van der Waals surface area contributed by atoms with Gasteiger partial charge in [0.1, 0.15) is 5.75 Å². The Morgan fingerprint density at radius 3 is 2.16 bits per heavy atom.